The van der Waals surface area contributed by atoms with Crippen LogP contribution in [0.5, 0.6) is 5.75 Å². The maximum Gasteiger partial charge on any atom is 0.417 e. The number of alkyl halides is 3. The molecule has 1 heterocycles. The van der Waals surface area contributed by atoms with Crippen molar-refractivity contribution in [2.75, 3.05) is 0 Å². The van der Waals surface area contributed by atoms with Crippen LogP contribution < -0.4 is 0 Å². The molecule has 0 saturated heterocycles. The first-order valence-electron chi connectivity index (χ1n) is 8.95. The summed E-state index contributed by atoms with van der Waals surface area (Å²) in [6.45, 7) is 4.72. The van der Waals surface area contributed by atoms with Crippen LogP contribution in [0.1, 0.15) is 36.4 Å². The van der Waals surface area contributed by atoms with E-state index in [1.807, 2.05) is 13.0 Å². The predicted molar refractivity (Wildman–Crippen MR) is 105 cm³/mol. The van der Waals surface area contributed by atoms with E-state index in [9.17, 15) is 27.8 Å². The third-order valence-electron chi connectivity index (χ3n) is 4.98. The number of nitrogens with zero attached hydrogens (tertiary/aromatic N) is 1. The predicted octanol–water partition coefficient (Wildman–Crippen LogP) is 5.65. The Hall–Kier alpha value is -2.19. The van der Waals surface area contributed by atoms with Crippen molar-refractivity contribution < 1.29 is 27.8 Å². The van der Waals surface area contributed by atoms with E-state index in [1.165, 1.54) is 13.8 Å². The highest BCUT2D eigenvalue weighted by molar-refractivity contribution is 7.18. The largest absolute Gasteiger partial charge is 0.508 e. The zero-order valence-electron chi connectivity index (χ0n) is 16.1. The van der Waals surface area contributed by atoms with Crippen molar-refractivity contribution in [3.8, 4) is 5.75 Å². The molecule has 0 amide bonds. The number of aromatic hydroxyl groups is 1. The van der Waals surface area contributed by atoms with Crippen LogP contribution in [0.2, 0.25) is 0 Å². The normalized spacial score (nSPS) is 14.9. The molecule has 3 rings (SSSR count). The summed E-state index contributed by atoms with van der Waals surface area (Å²) in [5, 5.41) is 20.9. The first-order chi connectivity index (χ1) is 13.3. The zero-order valence-corrected chi connectivity index (χ0v) is 17.0. The molecule has 0 bridgehead atoms. The molecule has 8 heteroatoms. The minimum Gasteiger partial charge on any atom is -0.508 e. The van der Waals surface area contributed by atoms with Crippen LogP contribution in [0.15, 0.2) is 36.4 Å². The van der Waals surface area contributed by atoms with Gasteiger partial charge in [-0.15, -0.1) is 11.3 Å². The Kier molecular flexibility index (Phi) is 5.38. The number of hydrogen-bond donors (Lipinski definition) is 2. The Labute approximate surface area is 169 Å². The van der Waals surface area contributed by atoms with Crippen LogP contribution in [-0.4, -0.2) is 27.0 Å². The van der Waals surface area contributed by atoms with Crippen molar-refractivity contribution in [3.05, 3.63) is 58.3 Å². The molecule has 156 valence electrons. The van der Waals surface area contributed by atoms with Gasteiger partial charge in [0.25, 0.3) is 0 Å². The Morgan fingerprint density at radius 3 is 2.41 bits per heavy atom. The highest BCUT2D eigenvalue weighted by Gasteiger charge is 2.56. The lowest BCUT2D eigenvalue weighted by Crippen LogP contribution is -2.50. The summed E-state index contributed by atoms with van der Waals surface area (Å²) in [7, 11) is 0. The molecular formula is C21H21F4NO2S. The Morgan fingerprint density at radius 1 is 1.07 bits per heavy atom. The van der Waals surface area contributed by atoms with E-state index in [2.05, 4.69) is 4.98 Å². The van der Waals surface area contributed by atoms with Crippen molar-refractivity contribution >= 4 is 21.6 Å². The number of phenolic OH excluding ortho intramolecular Hbond substituents is 1. The van der Waals surface area contributed by atoms with Gasteiger partial charge in [0, 0.05) is 12.0 Å². The number of thiazole rings is 1. The first-order valence-corrected chi connectivity index (χ1v) is 9.77. The quantitative estimate of drug-likeness (QED) is 0.517. The summed E-state index contributed by atoms with van der Waals surface area (Å²) in [6.07, 6.45) is -6.44. The van der Waals surface area contributed by atoms with Gasteiger partial charge in [0.1, 0.15) is 11.6 Å². The van der Waals surface area contributed by atoms with Gasteiger partial charge >= 0.3 is 6.18 Å². The minimum absolute atomic E-state index is 0.0000923. The Balaban J connectivity index is 1.98. The van der Waals surface area contributed by atoms with E-state index in [4.69, 9.17) is 0 Å². The number of hydrogen-bond acceptors (Lipinski definition) is 4. The monoisotopic (exact) mass is 427 g/mol. The smallest absolute Gasteiger partial charge is 0.417 e. The van der Waals surface area contributed by atoms with E-state index in [0.29, 0.717) is 5.52 Å². The SMILES string of the molecule is Cc1ccc2sc(CC(O)(CC(C)(C)c3cc(F)ccc3O)C(F)(F)F)nc2c1. The van der Waals surface area contributed by atoms with Crippen molar-refractivity contribution in [2.24, 2.45) is 0 Å². The number of halogens is 4. The number of aromatic nitrogens is 1. The molecule has 2 aromatic carbocycles. The average molecular weight is 427 g/mol. The summed E-state index contributed by atoms with van der Waals surface area (Å²) >= 11 is 1.10. The highest BCUT2D eigenvalue weighted by atomic mass is 32.1. The van der Waals surface area contributed by atoms with Crippen LogP contribution in [0.4, 0.5) is 17.6 Å². The van der Waals surface area contributed by atoms with E-state index < -0.39 is 35.9 Å². The Morgan fingerprint density at radius 2 is 1.76 bits per heavy atom. The summed E-state index contributed by atoms with van der Waals surface area (Å²) in [6, 6.07) is 8.51. The molecule has 0 aliphatic rings. The second kappa shape index (κ2) is 7.25. The van der Waals surface area contributed by atoms with E-state index in [0.717, 1.165) is 39.8 Å². The fraction of sp³-hybridized carbons (Fsp3) is 0.381. The molecule has 29 heavy (non-hydrogen) atoms. The molecule has 1 aromatic heterocycles. The van der Waals surface area contributed by atoms with Crippen LogP contribution >= 0.6 is 11.3 Å². The molecule has 0 spiro atoms. The van der Waals surface area contributed by atoms with Crippen LogP contribution in [0.3, 0.4) is 0 Å². The van der Waals surface area contributed by atoms with Crippen LogP contribution in [0.25, 0.3) is 10.2 Å². The maximum atomic E-state index is 13.9. The third kappa shape index (κ3) is 4.38. The molecule has 0 fully saturated rings. The number of rotatable bonds is 5. The van der Waals surface area contributed by atoms with Crippen LogP contribution in [-0.2, 0) is 11.8 Å². The van der Waals surface area contributed by atoms with Gasteiger partial charge in [0.2, 0.25) is 0 Å². The van der Waals surface area contributed by atoms with E-state index in [1.54, 1.807) is 12.1 Å². The molecule has 3 aromatic rings. The molecule has 0 aliphatic heterocycles. The molecule has 0 radical (unpaired) electrons. The number of benzene rings is 2. The second-order valence-corrected chi connectivity index (χ2v) is 9.12. The lowest BCUT2D eigenvalue weighted by molar-refractivity contribution is -0.266. The average Bonchev–Trinajstić information content (AvgIpc) is 2.96. The lowest BCUT2D eigenvalue weighted by Gasteiger charge is -2.37. The molecule has 1 atom stereocenters. The molecule has 0 saturated carbocycles. The van der Waals surface area contributed by atoms with Gasteiger partial charge < -0.3 is 10.2 Å². The van der Waals surface area contributed by atoms with E-state index >= 15 is 0 Å². The number of fused-ring (bicyclic) bond motifs is 1. The lowest BCUT2D eigenvalue weighted by atomic mass is 9.73. The molecule has 3 nitrogen and oxygen atoms in total. The van der Waals surface area contributed by atoms with Gasteiger partial charge in [-0.3, -0.25) is 0 Å². The van der Waals surface area contributed by atoms with Crippen molar-refractivity contribution in [3.63, 3.8) is 0 Å². The standard InChI is InChI=1S/C21H21F4NO2S/c1-12-4-7-17-15(8-12)26-18(29-17)10-20(28,21(23,24)25)11-19(2,3)14-9-13(22)5-6-16(14)27/h4-9,27-28H,10-11H2,1-3H3. The summed E-state index contributed by atoms with van der Waals surface area (Å²) in [5.41, 5.74) is -2.94. The highest BCUT2D eigenvalue weighted by Crippen LogP contribution is 2.45. The summed E-state index contributed by atoms with van der Waals surface area (Å²) in [4.78, 5) is 4.26. The van der Waals surface area contributed by atoms with Gasteiger partial charge in [0.15, 0.2) is 5.60 Å². The number of phenols is 1. The fourth-order valence-corrected chi connectivity index (χ4v) is 4.60. The Bertz CT molecular complexity index is 1040. The topological polar surface area (TPSA) is 53.4 Å². The summed E-state index contributed by atoms with van der Waals surface area (Å²) in [5.74, 6) is -1.00. The van der Waals surface area contributed by atoms with Gasteiger partial charge in [-0.2, -0.15) is 13.2 Å². The molecular weight excluding hydrogens is 406 g/mol. The van der Waals surface area contributed by atoms with Gasteiger partial charge in [-0.1, -0.05) is 19.9 Å². The summed E-state index contributed by atoms with van der Waals surface area (Å²) < 4.78 is 56.1. The van der Waals surface area contributed by atoms with Gasteiger partial charge in [-0.25, -0.2) is 9.37 Å². The fourth-order valence-electron chi connectivity index (χ4n) is 3.55. The zero-order chi connectivity index (χ0) is 21.6. The third-order valence-corrected chi connectivity index (χ3v) is 6.02. The van der Waals surface area contributed by atoms with Gasteiger partial charge in [-0.05, 0) is 54.7 Å². The first kappa shape index (κ1) is 21.5. The molecule has 2 N–H and O–H groups in total. The number of aryl methyl sites for hydroxylation is 1. The van der Waals surface area contributed by atoms with Gasteiger partial charge in [0.05, 0.1) is 15.2 Å². The number of aliphatic hydroxyl groups is 1. The molecule has 0 aliphatic carbocycles. The van der Waals surface area contributed by atoms with E-state index in [-0.39, 0.29) is 16.3 Å². The minimum atomic E-state index is -4.94. The molecule has 1 unspecified atom stereocenters. The van der Waals surface area contributed by atoms with Crippen LogP contribution in [0, 0.1) is 12.7 Å². The van der Waals surface area contributed by atoms with Crippen molar-refractivity contribution in [1.82, 2.24) is 4.98 Å². The van der Waals surface area contributed by atoms with Crippen molar-refractivity contribution in [2.45, 2.75) is 50.8 Å². The maximum absolute atomic E-state index is 13.9. The second-order valence-electron chi connectivity index (χ2n) is 8.01. The van der Waals surface area contributed by atoms with Crippen molar-refractivity contribution in [1.29, 1.82) is 0 Å².